The summed E-state index contributed by atoms with van der Waals surface area (Å²) in [7, 11) is 0. The minimum Gasteiger partial charge on any atom is -0.351 e. The number of anilines is 2. The summed E-state index contributed by atoms with van der Waals surface area (Å²) in [4.78, 5) is 39.5. The van der Waals surface area contributed by atoms with Gasteiger partial charge in [-0.25, -0.2) is 4.98 Å². The number of aromatic nitrogens is 4. The highest BCUT2D eigenvalue weighted by Crippen LogP contribution is 2.30. The lowest BCUT2D eigenvalue weighted by Gasteiger charge is -2.32. The summed E-state index contributed by atoms with van der Waals surface area (Å²) in [5.41, 5.74) is 1.18. The second-order valence-electron chi connectivity index (χ2n) is 8.27. The first kappa shape index (κ1) is 22.3. The van der Waals surface area contributed by atoms with Gasteiger partial charge >= 0.3 is 0 Å². The topological polar surface area (TPSA) is 105 Å². The van der Waals surface area contributed by atoms with Gasteiger partial charge in [-0.05, 0) is 50.7 Å². The van der Waals surface area contributed by atoms with E-state index in [0.717, 1.165) is 38.5 Å². The molecule has 0 unspecified atom stereocenters. The average Bonchev–Trinajstić information content (AvgIpc) is 3.24. The van der Waals surface area contributed by atoms with Crippen molar-refractivity contribution < 1.29 is 9.59 Å². The van der Waals surface area contributed by atoms with Crippen molar-refractivity contribution in [2.75, 3.05) is 23.7 Å². The number of nitrogens with zero attached hydrogens (tertiary/aromatic N) is 5. The molecule has 10 heteroatoms. The van der Waals surface area contributed by atoms with Crippen molar-refractivity contribution in [3.63, 3.8) is 0 Å². The van der Waals surface area contributed by atoms with Crippen molar-refractivity contribution in [2.24, 2.45) is 0 Å². The maximum absolute atomic E-state index is 12.0. The molecule has 1 aliphatic heterocycles. The highest BCUT2D eigenvalue weighted by molar-refractivity contribution is 6.20. The molecule has 2 fully saturated rings. The molecule has 2 aromatic rings. The molecule has 4 rings (SSSR count). The minimum absolute atomic E-state index is 0.0474. The van der Waals surface area contributed by atoms with Crippen LogP contribution in [-0.4, -0.2) is 60.7 Å². The number of amides is 2. The minimum atomic E-state index is -0.357. The molecule has 3 heterocycles. The zero-order chi connectivity index (χ0) is 22.7. The van der Waals surface area contributed by atoms with E-state index < -0.39 is 0 Å². The van der Waals surface area contributed by atoms with Crippen LogP contribution in [0.1, 0.15) is 44.6 Å². The van der Waals surface area contributed by atoms with E-state index in [1.165, 1.54) is 12.2 Å². The highest BCUT2D eigenvalue weighted by Gasteiger charge is 2.26. The van der Waals surface area contributed by atoms with Gasteiger partial charge in [0.15, 0.2) is 17.0 Å². The van der Waals surface area contributed by atoms with Crippen molar-refractivity contribution >= 4 is 46.3 Å². The Hall–Kier alpha value is -2.94. The molecule has 9 nitrogen and oxygen atoms in total. The van der Waals surface area contributed by atoms with Gasteiger partial charge < -0.3 is 20.1 Å². The summed E-state index contributed by atoms with van der Waals surface area (Å²) in [6, 6.07) is 0.376. The van der Waals surface area contributed by atoms with Crippen molar-refractivity contribution in [3.8, 4) is 0 Å². The van der Waals surface area contributed by atoms with Gasteiger partial charge in [-0.15, -0.1) is 11.6 Å². The van der Waals surface area contributed by atoms with Gasteiger partial charge in [0.1, 0.15) is 0 Å². The number of imidazole rings is 1. The van der Waals surface area contributed by atoms with Crippen LogP contribution in [-0.2, 0) is 9.59 Å². The number of halogens is 1. The van der Waals surface area contributed by atoms with Crippen LogP contribution >= 0.6 is 11.6 Å². The van der Waals surface area contributed by atoms with Crippen LogP contribution in [0.15, 0.2) is 31.6 Å². The number of hydrogen-bond acceptors (Lipinski definition) is 6. The molecule has 2 amide bonds. The Morgan fingerprint density at radius 2 is 1.78 bits per heavy atom. The molecule has 32 heavy (non-hydrogen) atoms. The van der Waals surface area contributed by atoms with E-state index in [2.05, 4.69) is 33.8 Å². The number of hydrogen-bond donors (Lipinski definition) is 2. The first-order chi connectivity index (χ1) is 15.5. The Labute approximate surface area is 191 Å². The van der Waals surface area contributed by atoms with E-state index >= 15 is 0 Å². The first-order valence-corrected chi connectivity index (χ1v) is 11.4. The lowest BCUT2D eigenvalue weighted by atomic mass is 9.95. The zero-order valence-corrected chi connectivity index (χ0v) is 18.7. The molecule has 2 N–H and O–H groups in total. The van der Waals surface area contributed by atoms with E-state index in [1.807, 2.05) is 4.57 Å². The molecular weight excluding hydrogens is 430 g/mol. The largest absolute Gasteiger partial charge is 0.351 e. The number of alkyl halides is 1. The average molecular weight is 458 g/mol. The normalized spacial score (nSPS) is 21.8. The summed E-state index contributed by atoms with van der Waals surface area (Å²) in [5.74, 6) is 0.403. The van der Waals surface area contributed by atoms with Crippen LogP contribution in [0.3, 0.4) is 0 Å². The van der Waals surface area contributed by atoms with Gasteiger partial charge in [0.2, 0.25) is 17.8 Å². The Kier molecular flexibility index (Phi) is 6.74. The maximum Gasteiger partial charge on any atom is 0.248 e. The van der Waals surface area contributed by atoms with Gasteiger partial charge in [0.05, 0.1) is 6.33 Å². The molecule has 2 aliphatic rings. The molecule has 170 valence electrons. The Morgan fingerprint density at radius 1 is 1.06 bits per heavy atom. The third-order valence-electron chi connectivity index (χ3n) is 6.18. The Morgan fingerprint density at radius 3 is 2.44 bits per heavy atom. The molecule has 2 aromatic heterocycles. The van der Waals surface area contributed by atoms with E-state index in [-0.39, 0.29) is 29.3 Å². The molecule has 0 bridgehead atoms. The number of fused-ring (bicyclic) bond motifs is 1. The van der Waals surface area contributed by atoms with Crippen LogP contribution in [0.4, 0.5) is 11.8 Å². The lowest BCUT2D eigenvalue weighted by Crippen LogP contribution is -2.38. The van der Waals surface area contributed by atoms with Crippen LogP contribution < -0.4 is 10.6 Å². The van der Waals surface area contributed by atoms with E-state index in [1.54, 1.807) is 11.2 Å². The van der Waals surface area contributed by atoms with Gasteiger partial charge in [0, 0.05) is 30.6 Å². The van der Waals surface area contributed by atoms with Crippen LogP contribution in [0.2, 0.25) is 0 Å². The predicted octanol–water partition coefficient (Wildman–Crippen LogP) is 3.26. The van der Waals surface area contributed by atoms with E-state index in [0.29, 0.717) is 36.0 Å². The van der Waals surface area contributed by atoms with Gasteiger partial charge in [-0.3, -0.25) is 9.59 Å². The zero-order valence-electron chi connectivity index (χ0n) is 18.0. The number of rotatable bonds is 6. The fraction of sp³-hybridized carbons (Fsp3) is 0.500. The summed E-state index contributed by atoms with van der Waals surface area (Å²) in [6.45, 7) is 8.38. The summed E-state index contributed by atoms with van der Waals surface area (Å²) in [5, 5.41) is 6.39. The SMILES string of the molecule is C=CC(=O)Nc1nc(NC2CCC(Cl)CC2)nc2c1ncn2C1CCN(C(=O)C=C)CC1. The smallest absolute Gasteiger partial charge is 0.248 e. The number of nitrogens with one attached hydrogen (secondary N) is 2. The van der Waals surface area contributed by atoms with E-state index in [4.69, 9.17) is 16.6 Å². The van der Waals surface area contributed by atoms with Crippen molar-refractivity contribution in [3.05, 3.63) is 31.6 Å². The number of piperidine rings is 1. The summed E-state index contributed by atoms with van der Waals surface area (Å²) < 4.78 is 2.02. The molecule has 0 spiro atoms. The first-order valence-electron chi connectivity index (χ1n) is 11.0. The van der Waals surface area contributed by atoms with Crippen LogP contribution in [0.25, 0.3) is 11.2 Å². The monoisotopic (exact) mass is 457 g/mol. The van der Waals surface area contributed by atoms with Crippen molar-refractivity contribution in [1.82, 2.24) is 24.4 Å². The number of likely N-dealkylation sites (tertiary alicyclic amines) is 1. The molecule has 1 saturated carbocycles. The van der Waals surface area contributed by atoms with E-state index in [9.17, 15) is 9.59 Å². The molecule has 0 radical (unpaired) electrons. The third-order valence-corrected chi connectivity index (χ3v) is 6.62. The second-order valence-corrected chi connectivity index (χ2v) is 8.88. The summed E-state index contributed by atoms with van der Waals surface area (Å²) in [6.07, 6.45) is 9.64. The molecule has 1 saturated heterocycles. The Balaban J connectivity index is 1.62. The van der Waals surface area contributed by atoms with Gasteiger partial charge in [0.25, 0.3) is 0 Å². The molecular formula is C22H28ClN7O2. The van der Waals surface area contributed by atoms with Crippen molar-refractivity contribution in [1.29, 1.82) is 0 Å². The summed E-state index contributed by atoms with van der Waals surface area (Å²) >= 11 is 6.24. The number of carbonyl (C=O) groups is 2. The lowest BCUT2D eigenvalue weighted by molar-refractivity contribution is -0.127. The molecule has 0 aromatic carbocycles. The number of carbonyl (C=O) groups excluding carboxylic acids is 2. The maximum atomic E-state index is 12.0. The quantitative estimate of drug-likeness (QED) is 0.509. The van der Waals surface area contributed by atoms with Crippen molar-refractivity contribution in [2.45, 2.75) is 56.0 Å². The van der Waals surface area contributed by atoms with Gasteiger partial charge in [-0.1, -0.05) is 13.2 Å². The standard InChI is InChI=1S/C22H28ClN7O2/c1-3-17(31)26-20-19-21(28-22(27-20)25-15-7-5-14(23)6-8-15)30(13-24-19)16-9-11-29(12-10-16)18(32)4-2/h3-4,13-16H,1-2,5-12H2,(H2,25,26,27,28,31). The van der Waals surface area contributed by atoms with Crippen LogP contribution in [0, 0.1) is 0 Å². The third kappa shape index (κ3) is 4.77. The fourth-order valence-corrected chi connectivity index (χ4v) is 4.63. The fourth-order valence-electron chi connectivity index (χ4n) is 4.38. The Bertz CT molecular complexity index is 1020. The highest BCUT2D eigenvalue weighted by atomic mass is 35.5. The molecule has 0 atom stereocenters. The van der Waals surface area contributed by atoms with Crippen LogP contribution in [0.5, 0.6) is 0 Å². The second kappa shape index (κ2) is 9.68. The predicted molar refractivity (Wildman–Crippen MR) is 125 cm³/mol. The van der Waals surface area contributed by atoms with Gasteiger partial charge in [-0.2, -0.15) is 9.97 Å². The molecule has 1 aliphatic carbocycles.